The Kier molecular flexibility index (Phi) is 5.94. The van der Waals surface area contributed by atoms with Gasteiger partial charge in [0, 0.05) is 12.6 Å². The molecule has 4 aromatic rings. The highest BCUT2D eigenvalue weighted by atomic mass is 79.9. The van der Waals surface area contributed by atoms with Crippen molar-refractivity contribution in [2.75, 3.05) is 0 Å². The van der Waals surface area contributed by atoms with Crippen molar-refractivity contribution in [3.8, 4) is 11.8 Å². The van der Waals surface area contributed by atoms with E-state index in [4.69, 9.17) is 16.6 Å². The molecule has 0 aliphatic rings. The van der Waals surface area contributed by atoms with Crippen molar-refractivity contribution in [1.29, 1.82) is 5.26 Å². The SMILES string of the molecule is CCCCc1nc2c(C)ccnc2n1Cc1ccc(-n2c(Br)ccc2C#N)c(Cl)c1. The lowest BCUT2D eigenvalue weighted by atomic mass is 10.2. The second kappa shape index (κ2) is 8.63. The molecule has 0 N–H and O–H groups in total. The van der Waals surface area contributed by atoms with Crippen LogP contribution >= 0.6 is 27.5 Å². The number of unbranched alkanes of at least 4 members (excludes halogenated alkanes) is 1. The molecule has 3 aromatic heterocycles. The number of rotatable bonds is 6. The number of fused-ring (bicyclic) bond motifs is 1. The maximum Gasteiger partial charge on any atom is 0.160 e. The molecule has 0 saturated heterocycles. The molecule has 0 bridgehead atoms. The van der Waals surface area contributed by atoms with Crippen LogP contribution in [0.4, 0.5) is 0 Å². The summed E-state index contributed by atoms with van der Waals surface area (Å²) in [6.45, 7) is 4.90. The minimum atomic E-state index is 0.527. The molecule has 5 nitrogen and oxygen atoms in total. The van der Waals surface area contributed by atoms with E-state index in [1.165, 1.54) is 0 Å². The van der Waals surface area contributed by atoms with Gasteiger partial charge in [-0.3, -0.25) is 4.57 Å². The summed E-state index contributed by atoms with van der Waals surface area (Å²) in [6, 6.07) is 13.7. The minimum absolute atomic E-state index is 0.527. The van der Waals surface area contributed by atoms with E-state index in [2.05, 4.69) is 45.4 Å². The largest absolute Gasteiger partial charge is 0.308 e. The van der Waals surface area contributed by atoms with Crippen molar-refractivity contribution in [3.05, 3.63) is 74.9 Å². The van der Waals surface area contributed by atoms with E-state index in [0.717, 1.165) is 57.7 Å². The number of aryl methyl sites for hydroxylation is 2. The molecule has 7 heteroatoms. The van der Waals surface area contributed by atoms with Crippen LogP contribution in [-0.2, 0) is 13.0 Å². The molecule has 0 aliphatic heterocycles. The Morgan fingerprint density at radius 2 is 2.03 bits per heavy atom. The normalized spacial score (nSPS) is 11.2. The van der Waals surface area contributed by atoms with E-state index >= 15 is 0 Å². The van der Waals surface area contributed by atoms with E-state index in [-0.39, 0.29) is 0 Å². The zero-order valence-electron chi connectivity index (χ0n) is 16.9. The number of halogens is 2. The summed E-state index contributed by atoms with van der Waals surface area (Å²) in [5.41, 5.74) is 5.35. The van der Waals surface area contributed by atoms with Crippen molar-refractivity contribution >= 4 is 38.7 Å². The molecule has 0 atom stereocenters. The number of benzene rings is 1. The van der Waals surface area contributed by atoms with E-state index < -0.39 is 0 Å². The van der Waals surface area contributed by atoms with E-state index in [9.17, 15) is 5.26 Å². The molecule has 4 rings (SSSR count). The number of nitrogens with zero attached hydrogens (tertiary/aromatic N) is 5. The molecule has 30 heavy (non-hydrogen) atoms. The lowest BCUT2D eigenvalue weighted by molar-refractivity contribution is 0.686. The van der Waals surface area contributed by atoms with E-state index in [1.807, 2.05) is 36.5 Å². The van der Waals surface area contributed by atoms with Gasteiger partial charge in [-0.1, -0.05) is 31.0 Å². The van der Waals surface area contributed by atoms with Crippen molar-refractivity contribution in [1.82, 2.24) is 19.1 Å². The lowest BCUT2D eigenvalue weighted by Crippen LogP contribution is -2.07. The van der Waals surface area contributed by atoms with Crippen LogP contribution in [0.3, 0.4) is 0 Å². The van der Waals surface area contributed by atoms with Crippen LogP contribution in [0.25, 0.3) is 16.9 Å². The number of hydrogen-bond acceptors (Lipinski definition) is 3. The first kappa shape index (κ1) is 20.6. The summed E-state index contributed by atoms with van der Waals surface area (Å²) in [6.07, 6.45) is 4.95. The Hall–Kier alpha value is -2.62. The first-order valence-corrected chi connectivity index (χ1v) is 11.1. The average Bonchev–Trinajstić information content (AvgIpc) is 3.28. The quantitative estimate of drug-likeness (QED) is 0.328. The van der Waals surface area contributed by atoms with Gasteiger partial charge in [0.1, 0.15) is 23.1 Å². The van der Waals surface area contributed by atoms with Gasteiger partial charge in [0.05, 0.1) is 21.9 Å². The Labute approximate surface area is 189 Å². The number of hydrogen-bond donors (Lipinski definition) is 0. The Bertz CT molecular complexity index is 1260. The maximum absolute atomic E-state index is 9.38. The highest BCUT2D eigenvalue weighted by molar-refractivity contribution is 9.10. The third-order valence-electron chi connectivity index (χ3n) is 5.21. The molecule has 0 fully saturated rings. The zero-order chi connectivity index (χ0) is 21.3. The Morgan fingerprint density at radius 3 is 2.77 bits per heavy atom. The lowest BCUT2D eigenvalue weighted by Gasteiger charge is -2.13. The van der Waals surface area contributed by atoms with Crippen LogP contribution in [0.1, 0.15) is 42.4 Å². The zero-order valence-corrected chi connectivity index (χ0v) is 19.2. The summed E-state index contributed by atoms with van der Waals surface area (Å²) in [5, 5.41) is 9.97. The predicted molar refractivity (Wildman–Crippen MR) is 123 cm³/mol. The topological polar surface area (TPSA) is 59.4 Å². The third kappa shape index (κ3) is 3.76. The van der Waals surface area contributed by atoms with Gasteiger partial charge in [-0.05, 0) is 70.7 Å². The fourth-order valence-corrected chi connectivity index (χ4v) is 4.43. The summed E-state index contributed by atoms with van der Waals surface area (Å²) < 4.78 is 4.78. The van der Waals surface area contributed by atoms with Gasteiger partial charge in [0.2, 0.25) is 0 Å². The van der Waals surface area contributed by atoms with E-state index in [1.54, 1.807) is 10.6 Å². The van der Waals surface area contributed by atoms with Crippen molar-refractivity contribution in [2.45, 2.75) is 39.7 Å². The molecular formula is C23H21BrClN5. The molecule has 0 unspecified atom stereocenters. The molecule has 0 amide bonds. The molecule has 3 heterocycles. The summed E-state index contributed by atoms with van der Waals surface area (Å²) in [7, 11) is 0. The van der Waals surface area contributed by atoms with Crippen molar-refractivity contribution in [3.63, 3.8) is 0 Å². The van der Waals surface area contributed by atoms with Gasteiger partial charge in [0.25, 0.3) is 0 Å². The monoisotopic (exact) mass is 481 g/mol. The van der Waals surface area contributed by atoms with Crippen LogP contribution in [0.2, 0.25) is 5.02 Å². The fraction of sp³-hybridized carbons (Fsp3) is 0.261. The standard InChI is InChI=1S/C23H21BrClN5/c1-3-4-5-21-28-22-15(2)10-11-27-23(22)29(21)14-16-6-8-19(18(25)12-16)30-17(13-26)7-9-20(30)24/h6-12H,3-5,14H2,1-2H3. The number of nitriles is 1. The van der Waals surface area contributed by atoms with Crippen LogP contribution in [-0.4, -0.2) is 19.1 Å². The Morgan fingerprint density at radius 1 is 1.20 bits per heavy atom. The summed E-state index contributed by atoms with van der Waals surface area (Å²) in [4.78, 5) is 9.48. The fourth-order valence-electron chi connectivity index (χ4n) is 3.63. The van der Waals surface area contributed by atoms with Crippen LogP contribution < -0.4 is 0 Å². The molecule has 0 radical (unpaired) electrons. The van der Waals surface area contributed by atoms with Crippen LogP contribution in [0.15, 0.2) is 47.2 Å². The van der Waals surface area contributed by atoms with Crippen molar-refractivity contribution in [2.24, 2.45) is 0 Å². The van der Waals surface area contributed by atoms with Gasteiger partial charge in [0.15, 0.2) is 5.65 Å². The predicted octanol–water partition coefficient (Wildman–Crippen LogP) is 6.21. The summed E-state index contributed by atoms with van der Waals surface area (Å²) in [5.74, 6) is 1.05. The molecular weight excluding hydrogens is 462 g/mol. The second-order valence-electron chi connectivity index (χ2n) is 7.29. The average molecular weight is 483 g/mol. The van der Waals surface area contributed by atoms with Crippen LogP contribution in [0.5, 0.6) is 0 Å². The van der Waals surface area contributed by atoms with Gasteiger partial charge in [-0.15, -0.1) is 0 Å². The van der Waals surface area contributed by atoms with Gasteiger partial charge >= 0.3 is 0 Å². The second-order valence-corrected chi connectivity index (χ2v) is 8.51. The molecule has 0 aliphatic carbocycles. The molecule has 1 aromatic carbocycles. The highest BCUT2D eigenvalue weighted by Crippen LogP contribution is 2.29. The van der Waals surface area contributed by atoms with Crippen LogP contribution in [0, 0.1) is 18.3 Å². The molecule has 0 spiro atoms. The molecule has 152 valence electrons. The minimum Gasteiger partial charge on any atom is -0.308 e. The Balaban J connectivity index is 1.74. The molecule has 0 saturated carbocycles. The van der Waals surface area contributed by atoms with Gasteiger partial charge in [-0.25, -0.2) is 9.97 Å². The smallest absolute Gasteiger partial charge is 0.160 e. The van der Waals surface area contributed by atoms with E-state index in [0.29, 0.717) is 17.3 Å². The maximum atomic E-state index is 9.38. The van der Waals surface area contributed by atoms with Gasteiger partial charge in [-0.2, -0.15) is 5.26 Å². The number of aromatic nitrogens is 4. The first-order valence-electron chi connectivity index (χ1n) is 9.90. The first-order chi connectivity index (χ1) is 14.5. The number of pyridine rings is 1. The third-order valence-corrected chi connectivity index (χ3v) is 6.13. The highest BCUT2D eigenvalue weighted by Gasteiger charge is 2.16. The van der Waals surface area contributed by atoms with Crippen molar-refractivity contribution < 1.29 is 0 Å². The summed E-state index contributed by atoms with van der Waals surface area (Å²) >= 11 is 10.1. The van der Waals surface area contributed by atoms with Gasteiger partial charge < -0.3 is 4.57 Å². The number of imidazole rings is 1.